The minimum absolute atomic E-state index is 0. The molecule has 1 aliphatic heterocycles. The Hall–Kier alpha value is -1.40. The molecule has 1 fully saturated rings. The average Bonchev–Trinajstić information content (AvgIpc) is 3.03. The van der Waals surface area contributed by atoms with Gasteiger partial charge in [0.2, 0.25) is 11.8 Å². The summed E-state index contributed by atoms with van der Waals surface area (Å²) in [6, 6.07) is 5.60. The van der Waals surface area contributed by atoms with Crippen LogP contribution in [-0.4, -0.2) is 34.4 Å². The second-order valence-corrected chi connectivity index (χ2v) is 7.14. The van der Waals surface area contributed by atoms with E-state index in [4.69, 9.17) is 5.73 Å². The number of rotatable bonds is 3. The van der Waals surface area contributed by atoms with Crippen LogP contribution in [0.15, 0.2) is 18.2 Å². The monoisotopic (exact) mass is 369 g/mol. The molecule has 1 saturated heterocycles. The van der Waals surface area contributed by atoms with Gasteiger partial charge in [-0.05, 0) is 42.5 Å². The number of thioether (sulfide) groups is 1. The fourth-order valence-corrected chi connectivity index (χ4v) is 4.54. The summed E-state index contributed by atoms with van der Waals surface area (Å²) in [6.45, 7) is 1.84. The lowest BCUT2D eigenvalue weighted by atomic mass is 9.87. The van der Waals surface area contributed by atoms with E-state index in [0.717, 1.165) is 30.5 Å². The number of nitrogens with one attached hydrogen (secondary N) is 1. The van der Waals surface area contributed by atoms with Gasteiger partial charge in [-0.1, -0.05) is 13.0 Å². The maximum atomic E-state index is 12.7. The van der Waals surface area contributed by atoms with Crippen molar-refractivity contribution in [1.82, 2.24) is 10.2 Å². The normalized spacial score (nSPS) is 22.5. The minimum Gasteiger partial charge on any atom is -0.399 e. The molecule has 3 N–H and O–H groups in total. The van der Waals surface area contributed by atoms with Crippen LogP contribution >= 0.6 is 24.2 Å². The van der Waals surface area contributed by atoms with Crippen molar-refractivity contribution in [1.29, 1.82) is 0 Å². The first-order valence-corrected chi connectivity index (χ1v) is 9.31. The minimum atomic E-state index is -0.341. The van der Waals surface area contributed by atoms with Crippen LogP contribution < -0.4 is 11.1 Å². The number of anilines is 1. The van der Waals surface area contributed by atoms with Crippen LogP contribution in [0.25, 0.3) is 0 Å². The Labute approximate surface area is 153 Å². The molecule has 1 heterocycles. The van der Waals surface area contributed by atoms with Gasteiger partial charge >= 0.3 is 0 Å². The quantitative estimate of drug-likeness (QED) is 0.802. The standard InChI is InChI=1S/C17H23N3O2S.ClH/c1-2-16(21)20-10-23-9-15(20)17(22)19-14-5-3-4-11-8-12(18)6-7-13(11)14;/h6-8,14-15H,2-5,9-10,18H2,1H3,(H,19,22);1H. The van der Waals surface area contributed by atoms with E-state index in [1.807, 2.05) is 25.1 Å². The summed E-state index contributed by atoms with van der Waals surface area (Å²) < 4.78 is 0. The van der Waals surface area contributed by atoms with Crippen LogP contribution in [0, 0.1) is 0 Å². The Kier molecular flexibility index (Phi) is 6.40. The lowest BCUT2D eigenvalue weighted by molar-refractivity contribution is -0.138. The number of amides is 2. The van der Waals surface area contributed by atoms with E-state index in [1.54, 1.807) is 16.7 Å². The molecule has 2 aliphatic rings. The summed E-state index contributed by atoms with van der Waals surface area (Å²) in [6.07, 6.45) is 3.42. The van der Waals surface area contributed by atoms with E-state index >= 15 is 0 Å². The van der Waals surface area contributed by atoms with E-state index in [-0.39, 0.29) is 36.3 Å². The third-order valence-corrected chi connectivity index (χ3v) is 5.62. The number of carbonyl (C=O) groups excluding carboxylic acids is 2. The van der Waals surface area contributed by atoms with Gasteiger partial charge in [-0.15, -0.1) is 24.2 Å². The highest BCUT2D eigenvalue weighted by atomic mass is 35.5. The average molecular weight is 370 g/mol. The Morgan fingerprint density at radius 3 is 2.96 bits per heavy atom. The lowest BCUT2D eigenvalue weighted by Gasteiger charge is -2.29. The molecule has 1 aromatic rings. The molecule has 7 heteroatoms. The number of aryl methyl sites for hydroxylation is 1. The van der Waals surface area contributed by atoms with Gasteiger partial charge in [0.15, 0.2) is 0 Å². The van der Waals surface area contributed by atoms with Crippen LogP contribution in [0.4, 0.5) is 5.69 Å². The smallest absolute Gasteiger partial charge is 0.244 e. The van der Waals surface area contributed by atoms with Crippen molar-refractivity contribution < 1.29 is 9.59 Å². The van der Waals surface area contributed by atoms with E-state index in [1.165, 1.54) is 5.56 Å². The van der Waals surface area contributed by atoms with Crippen LogP contribution in [-0.2, 0) is 16.0 Å². The highest BCUT2D eigenvalue weighted by Gasteiger charge is 2.35. The zero-order valence-corrected chi connectivity index (χ0v) is 15.4. The van der Waals surface area contributed by atoms with Crippen LogP contribution in [0.3, 0.4) is 0 Å². The number of hydrogen-bond acceptors (Lipinski definition) is 4. The molecule has 0 spiro atoms. The van der Waals surface area contributed by atoms with Gasteiger partial charge in [-0.2, -0.15) is 0 Å². The molecule has 0 saturated carbocycles. The zero-order chi connectivity index (χ0) is 16.4. The van der Waals surface area contributed by atoms with Gasteiger partial charge in [-0.3, -0.25) is 9.59 Å². The van der Waals surface area contributed by atoms with E-state index in [0.29, 0.717) is 18.1 Å². The predicted octanol–water partition coefficient (Wildman–Crippen LogP) is 2.50. The van der Waals surface area contributed by atoms with Crippen molar-refractivity contribution in [3.05, 3.63) is 29.3 Å². The van der Waals surface area contributed by atoms with Crippen molar-refractivity contribution in [3.63, 3.8) is 0 Å². The Morgan fingerprint density at radius 2 is 2.21 bits per heavy atom. The summed E-state index contributed by atoms with van der Waals surface area (Å²) in [5.41, 5.74) is 9.02. The summed E-state index contributed by atoms with van der Waals surface area (Å²) in [7, 11) is 0. The highest BCUT2D eigenvalue weighted by molar-refractivity contribution is 7.99. The topological polar surface area (TPSA) is 75.4 Å². The zero-order valence-electron chi connectivity index (χ0n) is 13.8. The second-order valence-electron chi connectivity index (χ2n) is 6.14. The Bertz CT molecular complexity index is 626. The number of benzene rings is 1. The molecule has 0 aromatic heterocycles. The van der Waals surface area contributed by atoms with Crippen LogP contribution in [0.1, 0.15) is 43.4 Å². The first-order chi connectivity index (χ1) is 11.1. The lowest BCUT2D eigenvalue weighted by Crippen LogP contribution is -2.48. The number of nitrogens with two attached hydrogens (primary N) is 1. The summed E-state index contributed by atoms with van der Waals surface area (Å²) in [5, 5.41) is 3.16. The van der Waals surface area contributed by atoms with Gasteiger partial charge in [0.05, 0.1) is 11.9 Å². The molecule has 2 amide bonds. The SMILES string of the molecule is CCC(=O)N1CSCC1C(=O)NC1CCCc2cc(N)ccc21.Cl. The number of halogens is 1. The van der Waals surface area contributed by atoms with Crippen molar-refractivity contribution in [2.75, 3.05) is 17.4 Å². The van der Waals surface area contributed by atoms with Crippen molar-refractivity contribution in [2.45, 2.75) is 44.7 Å². The molecule has 0 radical (unpaired) electrons. The third-order valence-electron chi connectivity index (χ3n) is 4.61. The van der Waals surface area contributed by atoms with Crippen molar-refractivity contribution in [3.8, 4) is 0 Å². The maximum absolute atomic E-state index is 12.7. The number of nitrogen functional groups attached to an aromatic ring is 1. The summed E-state index contributed by atoms with van der Waals surface area (Å²) in [4.78, 5) is 26.4. The number of carbonyl (C=O) groups is 2. The molecule has 5 nitrogen and oxygen atoms in total. The van der Waals surface area contributed by atoms with E-state index < -0.39 is 0 Å². The molecule has 0 bridgehead atoms. The fourth-order valence-electron chi connectivity index (χ4n) is 3.36. The molecular formula is C17H24ClN3O2S. The van der Waals surface area contributed by atoms with Gasteiger partial charge < -0.3 is 16.0 Å². The first-order valence-electron chi connectivity index (χ1n) is 8.16. The van der Waals surface area contributed by atoms with Crippen LogP contribution in [0.5, 0.6) is 0 Å². The first kappa shape index (κ1) is 18.9. The third kappa shape index (κ3) is 3.81. The molecule has 1 aromatic carbocycles. The van der Waals surface area contributed by atoms with Gasteiger partial charge in [-0.25, -0.2) is 0 Å². The van der Waals surface area contributed by atoms with Crippen molar-refractivity contribution >= 4 is 41.7 Å². The largest absolute Gasteiger partial charge is 0.399 e. The van der Waals surface area contributed by atoms with Crippen molar-refractivity contribution in [2.24, 2.45) is 0 Å². The predicted molar refractivity (Wildman–Crippen MR) is 100 cm³/mol. The molecule has 2 unspecified atom stereocenters. The Morgan fingerprint density at radius 1 is 1.42 bits per heavy atom. The number of fused-ring (bicyclic) bond motifs is 1. The van der Waals surface area contributed by atoms with Crippen LogP contribution in [0.2, 0.25) is 0 Å². The van der Waals surface area contributed by atoms with Gasteiger partial charge in [0.25, 0.3) is 0 Å². The molecule has 132 valence electrons. The molecule has 3 rings (SSSR count). The van der Waals surface area contributed by atoms with E-state index in [9.17, 15) is 9.59 Å². The molecule has 2 atom stereocenters. The van der Waals surface area contributed by atoms with Gasteiger partial charge in [0, 0.05) is 17.9 Å². The second kappa shape index (κ2) is 8.12. The highest BCUT2D eigenvalue weighted by Crippen LogP contribution is 2.31. The summed E-state index contributed by atoms with van der Waals surface area (Å²) in [5.74, 6) is 1.31. The summed E-state index contributed by atoms with van der Waals surface area (Å²) >= 11 is 1.64. The Balaban J connectivity index is 0.00000208. The number of hydrogen-bond donors (Lipinski definition) is 2. The van der Waals surface area contributed by atoms with Gasteiger partial charge in [0.1, 0.15) is 6.04 Å². The molecular weight excluding hydrogens is 346 g/mol. The van der Waals surface area contributed by atoms with E-state index in [2.05, 4.69) is 5.32 Å². The maximum Gasteiger partial charge on any atom is 0.244 e. The molecule has 24 heavy (non-hydrogen) atoms. The molecule has 1 aliphatic carbocycles. The number of nitrogens with zero attached hydrogens (tertiary/aromatic N) is 1. The fraction of sp³-hybridized carbons (Fsp3) is 0.529.